The molecule has 134 valence electrons. The lowest BCUT2D eigenvalue weighted by Gasteiger charge is -2.42. The third kappa shape index (κ3) is 2.23. The van der Waals surface area contributed by atoms with Gasteiger partial charge in [-0.2, -0.15) is 0 Å². The zero-order valence-electron chi connectivity index (χ0n) is 13.8. The smallest absolute Gasteiger partial charge is 0.260 e. The number of likely N-dealkylation sites (tertiary alicyclic amines) is 1. The summed E-state index contributed by atoms with van der Waals surface area (Å²) in [5.41, 5.74) is -1.47. The van der Waals surface area contributed by atoms with E-state index in [1.54, 1.807) is 4.90 Å². The van der Waals surface area contributed by atoms with Gasteiger partial charge in [-0.25, -0.2) is 8.78 Å². The summed E-state index contributed by atoms with van der Waals surface area (Å²) >= 11 is 0. The highest BCUT2D eigenvalue weighted by Gasteiger charge is 2.61. The average molecular weight is 352 g/mol. The number of nitrogens with zero attached hydrogens (tertiary/aromatic N) is 2. The highest BCUT2D eigenvalue weighted by Crippen LogP contribution is 2.45. The maximum absolute atomic E-state index is 14.3. The lowest BCUT2D eigenvalue weighted by molar-refractivity contribution is -0.179. The van der Waals surface area contributed by atoms with E-state index >= 15 is 0 Å². The van der Waals surface area contributed by atoms with Crippen LogP contribution in [0.5, 0.6) is 5.75 Å². The molecule has 0 radical (unpaired) electrons. The molecule has 1 aromatic carbocycles. The molecule has 2 atom stereocenters. The zero-order chi connectivity index (χ0) is 17.8. The number of hydrogen-bond acceptors (Lipinski definition) is 4. The maximum Gasteiger partial charge on any atom is 0.260 e. The van der Waals surface area contributed by atoms with Crippen LogP contribution in [0.4, 0.5) is 8.78 Å². The molecule has 3 saturated heterocycles. The maximum atomic E-state index is 14.3. The van der Waals surface area contributed by atoms with Gasteiger partial charge in [0.2, 0.25) is 5.91 Å². The molecule has 0 aromatic heterocycles. The van der Waals surface area contributed by atoms with Crippen molar-refractivity contribution in [1.29, 1.82) is 0 Å². The molecule has 1 spiro atoms. The van der Waals surface area contributed by atoms with Gasteiger partial charge in [0.25, 0.3) is 5.91 Å². The van der Waals surface area contributed by atoms with Gasteiger partial charge < -0.3 is 19.3 Å². The summed E-state index contributed by atoms with van der Waals surface area (Å²) in [4.78, 5) is 28.2. The zero-order valence-corrected chi connectivity index (χ0v) is 13.8. The van der Waals surface area contributed by atoms with E-state index < -0.39 is 34.9 Å². The van der Waals surface area contributed by atoms with Crippen molar-refractivity contribution in [2.24, 2.45) is 0 Å². The number of carbonyl (C=O) groups excluding carboxylic acids is 2. The van der Waals surface area contributed by atoms with Gasteiger partial charge in [0.1, 0.15) is 22.9 Å². The fourth-order valence-corrected chi connectivity index (χ4v) is 4.21. The van der Waals surface area contributed by atoms with E-state index in [9.17, 15) is 18.4 Å². The molecule has 8 heteroatoms. The van der Waals surface area contributed by atoms with E-state index in [1.165, 1.54) is 12.0 Å². The van der Waals surface area contributed by atoms with Crippen molar-refractivity contribution in [1.82, 2.24) is 9.80 Å². The quantitative estimate of drug-likeness (QED) is 0.810. The molecule has 0 saturated carbocycles. The number of carbonyl (C=O) groups is 2. The number of hydrogen-bond donors (Lipinski definition) is 0. The third-order valence-corrected chi connectivity index (χ3v) is 5.34. The Balaban J connectivity index is 1.68. The van der Waals surface area contributed by atoms with Crippen LogP contribution in [0.1, 0.15) is 29.6 Å². The lowest BCUT2D eigenvalue weighted by Crippen LogP contribution is -2.56. The molecule has 6 nitrogen and oxygen atoms in total. The van der Waals surface area contributed by atoms with Crippen LogP contribution in [0.15, 0.2) is 12.1 Å². The monoisotopic (exact) mass is 352 g/mol. The molecule has 3 heterocycles. The largest absolute Gasteiger partial charge is 0.497 e. The van der Waals surface area contributed by atoms with Crippen LogP contribution in [0.3, 0.4) is 0 Å². The van der Waals surface area contributed by atoms with Crippen LogP contribution >= 0.6 is 0 Å². The second-order valence-electron chi connectivity index (χ2n) is 6.53. The third-order valence-electron chi connectivity index (χ3n) is 5.34. The Bertz CT molecular complexity index is 733. The summed E-state index contributed by atoms with van der Waals surface area (Å²) < 4.78 is 39.3. The summed E-state index contributed by atoms with van der Waals surface area (Å²) in [5.74, 6) is -2.80. The van der Waals surface area contributed by atoms with Crippen LogP contribution in [0, 0.1) is 11.6 Å². The van der Waals surface area contributed by atoms with Gasteiger partial charge in [0.15, 0.2) is 5.72 Å². The van der Waals surface area contributed by atoms with Crippen LogP contribution < -0.4 is 4.74 Å². The van der Waals surface area contributed by atoms with Crippen LogP contribution in [0.25, 0.3) is 0 Å². The van der Waals surface area contributed by atoms with E-state index in [2.05, 4.69) is 0 Å². The Kier molecular flexibility index (Phi) is 3.68. The highest BCUT2D eigenvalue weighted by molar-refractivity contribution is 5.96. The van der Waals surface area contributed by atoms with Gasteiger partial charge in [-0.3, -0.25) is 9.59 Å². The Hall–Kier alpha value is -2.22. The van der Waals surface area contributed by atoms with Gasteiger partial charge in [-0.05, 0) is 6.42 Å². The van der Waals surface area contributed by atoms with E-state index in [0.717, 1.165) is 18.6 Å². The Morgan fingerprint density at radius 3 is 2.72 bits per heavy atom. The summed E-state index contributed by atoms with van der Waals surface area (Å²) in [7, 11) is 1.29. The molecule has 3 aliphatic heterocycles. The first-order valence-electron chi connectivity index (χ1n) is 8.26. The van der Waals surface area contributed by atoms with E-state index in [4.69, 9.17) is 9.47 Å². The minimum Gasteiger partial charge on any atom is -0.497 e. The Morgan fingerprint density at radius 1 is 1.32 bits per heavy atom. The second-order valence-corrected chi connectivity index (χ2v) is 6.53. The normalized spacial score (nSPS) is 28.1. The number of ether oxygens (including phenoxy) is 2. The van der Waals surface area contributed by atoms with Gasteiger partial charge in [-0.1, -0.05) is 0 Å². The molecule has 0 N–H and O–H groups in total. The minimum absolute atomic E-state index is 0.00211. The molecule has 25 heavy (non-hydrogen) atoms. The number of amides is 2. The molecule has 0 unspecified atom stereocenters. The van der Waals surface area contributed by atoms with Gasteiger partial charge >= 0.3 is 0 Å². The Morgan fingerprint density at radius 2 is 2.04 bits per heavy atom. The molecule has 4 rings (SSSR count). The van der Waals surface area contributed by atoms with E-state index in [0.29, 0.717) is 19.6 Å². The number of benzene rings is 1. The molecule has 2 amide bonds. The highest BCUT2D eigenvalue weighted by atomic mass is 19.1. The van der Waals surface area contributed by atoms with Gasteiger partial charge in [0, 0.05) is 31.6 Å². The van der Waals surface area contributed by atoms with Crippen LogP contribution in [-0.4, -0.2) is 60.2 Å². The molecule has 0 bridgehead atoms. The predicted molar refractivity (Wildman–Crippen MR) is 82.0 cm³/mol. The standard InChI is InChI=1S/C17H18F2N2O4/c1-24-10-7-11(18)15(12(19)8-10)16(23)20-5-3-17-13(20)9-14(22)21(17)4-2-6-25-17/h7-8,13H,2-6,9H2,1H3/t13-,17+/m1/s1. The first kappa shape index (κ1) is 16.3. The van der Waals surface area contributed by atoms with E-state index in [1.807, 2.05) is 0 Å². The van der Waals surface area contributed by atoms with E-state index in [-0.39, 0.29) is 24.6 Å². The first-order chi connectivity index (χ1) is 12.0. The Labute approximate surface area is 143 Å². The summed E-state index contributed by atoms with van der Waals surface area (Å²) in [6.07, 6.45) is 1.32. The van der Waals surface area contributed by atoms with Crippen molar-refractivity contribution in [2.75, 3.05) is 26.8 Å². The van der Waals surface area contributed by atoms with Crippen molar-refractivity contribution in [3.63, 3.8) is 0 Å². The topological polar surface area (TPSA) is 59.1 Å². The SMILES string of the molecule is COc1cc(F)c(C(=O)N2CC[C@@]34OCCCN3C(=O)C[C@@H]24)c(F)c1. The predicted octanol–water partition coefficient (Wildman–Crippen LogP) is 1.54. The lowest BCUT2D eigenvalue weighted by atomic mass is 10.0. The van der Waals surface area contributed by atoms with Gasteiger partial charge in [-0.15, -0.1) is 0 Å². The van der Waals surface area contributed by atoms with Crippen molar-refractivity contribution in [3.05, 3.63) is 29.3 Å². The molecular formula is C17H18F2N2O4. The van der Waals surface area contributed by atoms with Crippen LogP contribution in [0.2, 0.25) is 0 Å². The summed E-state index contributed by atoms with van der Waals surface area (Å²) in [6, 6.07) is 1.44. The number of rotatable bonds is 2. The average Bonchev–Trinajstić information content (AvgIpc) is 3.06. The van der Waals surface area contributed by atoms with Crippen molar-refractivity contribution >= 4 is 11.8 Å². The van der Waals surface area contributed by atoms with Gasteiger partial charge in [0.05, 0.1) is 26.2 Å². The van der Waals surface area contributed by atoms with Crippen molar-refractivity contribution in [2.45, 2.75) is 31.0 Å². The molecular weight excluding hydrogens is 334 g/mol. The molecule has 0 aliphatic carbocycles. The summed E-state index contributed by atoms with van der Waals surface area (Å²) in [6.45, 7) is 1.38. The number of methoxy groups -OCH3 is 1. The summed E-state index contributed by atoms with van der Waals surface area (Å²) in [5, 5.41) is 0. The fourth-order valence-electron chi connectivity index (χ4n) is 4.21. The number of halogens is 2. The molecule has 3 fully saturated rings. The van der Waals surface area contributed by atoms with Crippen molar-refractivity contribution in [3.8, 4) is 5.75 Å². The minimum atomic E-state index is -0.978. The molecule has 1 aromatic rings. The second kappa shape index (κ2) is 5.66. The molecule has 3 aliphatic rings. The fraction of sp³-hybridized carbons (Fsp3) is 0.529. The first-order valence-corrected chi connectivity index (χ1v) is 8.26. The van der Waals surface area contributed by atoms with Crippen molar-refractivity contribution < 1.29 is 27.8 Å². The van der Waals surface area contributed by atoms with Crippen LogP contribution in [-0.2, 0) is 9.53 Å².